The number of halogens is 2. The van der Waals surface area contributed by atoms with Gasteiger partial charge < -0.3 is 24.8 Å². The Morgan fingerprint density at radius 2 is 0.855 bits per heavy atom. The summed E-state index contributed by atoms with van der Waals surface area (Å²) in [5.74, 6) is 1.29. The molecule has 1 saturated carbocycles. The van der Waals surface area contributed by atoms with Crippen LogP contribution in [0.25, 0.3) is 56.0 Å². The molecule has 0 N–H and O–H groups in total. The van der Waals surface area contributed by atoms with Crippen molar-refractivity contribution in [1.82, 2.24) is 0 Å². The molecule has 0 amide bonds. The molecule has 6 aromatic rings. The summed E-state index contributed by atoms with van der Waals surface area (Å²) < 4.78 is 3.29. The molecule has 2 fully saturated rings. The van der Waals surface area contributed by atoms with Gasteiger partial charge in [0.15, 0.2) is 0 Å². The van der Waals surface area contributed by atoms with Crippen LogP contribution in [0.3, 0.4) is 0 Å². The molecule has 4 atom stereocenters. The molecule has 4 aliphatic rings. The molecule has 1 saturated heterocycles. The van der Waals surface area contributed by atoms with Crippen LogP contribution < -0.4 is 24.8 Å². The van der Waals surface area contributed by atoms with Gasteiger partial charge in [-0.05, 0) is 0 Å². The van der Waals surface area contributed by atoms with Crippen molar-refractivity contribution in [1.29, 1.82) is 0 Å². The molecule has 0 spiro atoms. The molecule has 10 rings (SSSR count). The van der Waals surface area contributed by atoms with Gasteiger partial charge in [-0.25, -0.2) is 0 Å². The summed E-state index contributed by atoms with van der Waals surface area (Å²) in [5, 5.41) is 5.42. The van der Waals surface area contributed by atoms with Crippen LogP contribution in [0, 0.1) is 11.8 Å². The smallest absolute Gasteiger partial charge is 1.00 e. The molecule has 0 radical (unpaired) electrons. The van der Waals surface area contributed by atoms with Crippen molar-refractivity contribution in [3.63, 3.8) is 0 Å². The maximum atomic E-state index is 2.75. The van der Waals surface area contributed by atoms with Crippen molar-refractivity contribution in [2.45, 2.75) is 80.9 Å². The van der Waals surface area contributed by atoms with Crippen LogP contribution in [0.5, 0.6) is 0 Å². The van der Waals surface area contributed by atoms with Gasteiger partial charge in [0, 0.05) is 0 Å². The Bertz CT molecular complexity index is 2280. The summed E-state index contributed by atoms with van der Waals surface area (Å²) in [5.41, 5.74) is 15.7. The fourth-order valence-corrected chi connectivity index (χ4v) is 47.3. The molecule has 0 bridgehead atoms. The van der Waals surface area contributed by atoms with Crippen molar-refractivity contribution in [3.8, 4) is 22.3 Å². The van der Waals surface area contributed by atoms with Gasteiger partial charge in [-0.3, -0.25) is 0 Å². The number of rotatable bonds is 8. The largest absolute Gasteiger partial charge is 1.00 e. The first-order valence-electron chi connectivity index (χ1n) is 20.6. The predicted molar refractivity (Wildman–Crippen MR) is 225 cm³/mol. The van der Waals surface area contributed by atoms with E-state index in [0.29, 0.717) is 19.2 Å². The van der Waals surface area contributed by atoms with E-state index >= 15 is 0 Å². The van der Waals surface area contributed by atoms with E-state index in [0.717, 1.165) is 7.35 Å². The Labute approximate surface area is 345 Å². The molecule has 1 heterocycles. The molecule has 0 nitrogen and oxygen atoms in total. The molecular formula is C52H52Cl2Hf. The van der Waals surface area contributed by atoms with Crippen LogP contribution in [0.15, 0.2) is 132 Å². The van der Waals surface area contributed by atoms with Crippen LogP contribution in [-0.2, 0) is 20.0 Å². The van der Waals surface area contributed by atoms with Gasteiger partial charge in [0.1, 0.15) is 0 Å². The van der Waals surface area contributed by atoms with Crippen molar-refractivity contribution in [2.75, 3.05) is 0 Å². The van der Waals surface area contributed by atoms with E-state index in [-0.39, 0.29) is 24.8 Å². The summed E-state index contributed by atoms with van der Waals surface area (Å²) in [6.07, 6.45) is 13.7. The molecule has 1 aliphatic heterocycles. The van der Waals surface area contributed by atoms with Gasteiger partial charge in [-0.1, -0.05) is 0 Å². The van der Waals surface area contributed by atoms with Crippen LogP contribution in [-0.4, -0.2) is 0 Å². The van der Waals surface area contributed by atoms with E-state index in [2.05, 4.69) is 161 Å². The van der Waals surface area contributed by atoms with E-state index in [1.54, 1.807) is 33.4 Å². The number of fused-ring (bicyclic) bond motifs is 5. The minimum Gasteiger partial charge on any atom is -1.00 e. The Morgan fingerprint density at radius 3 is 1.29 bits per heavy atom. The molecule has 278 valence electrons. The second-order valence-electron chi connectivity index (χ2n) is 17.7. The van der Waals surface area contributed by atoms with Gasteiger partial charge in [0.2, 0.25) is 0 Å². The quantitative estimate of drug-likeness (QED) is 0.134. The van der Waals surface area contributed by atoms with E-state index in [9.17, 15) is 0 Å². The second kappa shape index (κ2) is 15.3. The van der Waals surface area contributed by atoms with Gasteiger partial charge in [-0.15, -0.1) is 0 Å². The molecule has 55 heavy (non-hydrogen) atoms. The first-order valence-corrected chi connectivity index (χ1v) is 28.9. The minimum atomic E-state index is -3.38. The normalized spacial score (nSPS) is 22.3. The third kappa shape index (κ3) is 6.18. The minimum absolute atomic E-state index is 0. The number of allylic oxidation sites excluding steroid dienone is 2. The molecule has 3 heteroatoms. The zero-order valence-electron chi connectivity index (χ0n) is 32.7. The topological polar surface area (TPSA) is 0 Å². The van der Waals surface area contributed by atoms with E-state index < -0.39 is 20.0 Å². The molecule has 0 aromatic heterocycles. The van der Waals surface area contributed by atoms with E-state index in [1.807, 2.05) is 0 Å². The monoisotopic (exact) mass is 926 g/mol. The average molecular weight is 926 g/mol. The third-order valence-electron chi connectivity index (χ3n) is 13.7. The summed E-state index contributed by atoms with van der Waals surface area (Å²) >= 11 is -3.38. The maximum absolute atomic E-state index is 3.38. The number of benzene rings is 6. The van der Waals surface area contributed by atoms with Crippen molar-refractivity contribution in [3.05, 3.63) is 155 Å². The van der Waals surface area contributed by atoms with Crippen LogP contribution in [0.1, 0.15) is 95.8 Å². The number of hydrogen-bond donors (Lipinski definition) is 0. The molecular weight excluding hydrogens is 874 g/mol. The Morgan fingerprint density at radius 1 is 0.473 bits per heavy atom. The summed E-state index contributed by atoms with van der Waals surface area (Å²) in [6, 6.07) is 46.8. The summed E-state index contributed by atoms with van der Waals surface area (Å²) in [4.78, 5) is 0. The van der Waals surface area contributed by atoms with Crippen molar-refractivity contribution in [2.24, 2.45) is 11.8 Å². The zero-order chi connectivity index (χ0) is 35.8. The fourth-order valence-electron chi connectivity index (χ4n) is 12.0. The third-order valence-corrected chi connectivity index (χ3v) is 38.6. The SMILES string of the molecule is CC(C)CC1=Cc2c(-c3cccc4ccccc34)cccc2[CH]1[Hf+2]1([CH]2C(CC(C)C)=Cc3c(-c4cccc5ccccc45)cccc32)[CH]2CCCC[CH]21.[Cl-].[Cl-]. The second-order valence-corrected chi connectivity index (χ2v) is 34.3. The van der Waals surface area contributed by atoms with Crippen molar-refractivity contribution < 1.29 is 44.8 Å². The first-order chi connectivity index (χ1) is 25.9. The Hall–Kier alpha value is -3.23. The predicted octanol–water partition coefficient (Wildman–Crippen LogP) is 9.32. The zero-order valence-corrected chi connectivity index (χ0v) is 37.8. The van der Waals surface area contributed by atoms with Crippen LogP contribution in [0.2, 0.25) is 7.35 Å². The molecule has 4 unspecified atom stereocenters. The van der Waals surface area contributed by atoms with Gasteiger partial charge in [-0.2, -0.15) is 0 Å². The first kappa shape index (κ1) is 38.6. The van der Waals surface area contributed by atoms with Gasteiger partial charge >= 0.3 is 323 Å². The summed E-state index contributed by atoms with van der Waals surface area (Å²) in [7, 11) is 0. The average Bonchev–Trinajstić information content (AvgIpc) is 3.44. The van der Waals surface area contributed by atoms with Crippen LogP contribution >= 0.6 is 0 Å². The standard InChI is InChI=1S/2C23H21.C6H10.2ClH.Hf/c2*1-16(2)13-17-14-19-9-6-12-22(23(19)15-17)21-11-5-8-18-7-3-4-10-20(18)21;1-2-4-6-5-3-1;;;/h2*3-12,14-16H,13H2,1-2H3;1-2H,3-6H2;2*1H;/q;;;;;+2/p-2. The van der Waals surface area contributed by atoms with Gasteiger partial charge in [0.05, 0.1) is 0 Å². The number of hydrogen-bond acceptors (Lipinski definition) is 0. The fraction of sp³-hybridized carbons (Fsp3) is 0.308. The van der Waals surface area contributed by atoms with Gasteiger partial charge in [0.25, 0.3) is 0 Å². The van der Waals surface area contributed by atoms with Crippen molar-refractivity contribution >= 4 is 33.7 Å². The molecule has 6 aromatic carbocycles. The molecule has 3 aliphatic carbocycles. The Kier molecular flexibility index (Phi) is 10.7. The Balaban J connectivity index is 0.00000214. The van der Waals surface area contributed by atoms with E-state index in [1.165, 1.54) is 82.3 Å². The maximum Gasteiger partial charge on any atom is -1.00 e. The van der Waals surface area contributed by atoms with Crippen LogP contribution in [0.4, 0.5) is 0 Å². The summed E-state index contributed by atoms with van der Waals surface area (Å²) in [6.45, 7) is 9.84. The van der Waals surface area contributed by atoms with E-state index in [4.69, 9.17) is 0 Å².